The highest BCUT2D eigenvalue weighted by atomic mass is 16.5. The monoisotopic (exact) mass is 481 g/mol. The van der Waals surface area contributed by atoms with E-state index >= 15 is 0 Å². The van der Waals surface area contributed by atoms with Crippen LogP contribution in [0.1, 0.15) is 58.8 Å². The van der Waals surface area contributed by atoms with E-state index in [1.165, 1.54) is 5.56 Å². The molecule has 2 heterocycles. The van der Waals surface area contributed by atoms with E-state index in [-0.39, 0.29) is 11.8 Å². The highest BCUT2D eigenvalue weighted by Gasteiger charge is 2.44. The summed E-state index contributed by atoms with van der Waals surface area (Å²) in [6.45, 7) is 5.03. The number of methoxy groups -OCH3 is 1. The number of amides is 2. The zero-order valence-corrected chi connectivity index (χ0v) is 20.8. The molecule has 0 spiro atoms. The molecule has 4 aromatic rings. The number of rotatable bonds is 7. The minimum atomic E-state index is -0.597. The highest BCUT2D eigenvalue weighted by molar-refractivity contribution is 6.05. The van der Waals surface area contributed by atoms with Crippen LogP contribution >= 0.6 is 0 Å². The van der Waals surface area contributed by atoms with Gasteiger partial charge in [-0.3, -0.25) is 9.59 Å². The van der Waals surface area contributed by atoms with E-state index in [4.69, 9.17) is 4.74 Å². The fourth-order valence-corrected chi connectivity index (χ4v) is 5.17. The third-order valence-electron chi connectivity index (χ3n) is 7.04. The zero-order chi connectivity index (χ0) is 25.2. The van der Waals surface area contributed by atoms with Crippen LogP contribution in [0.4, 0.5) is 5.69 Å². The molecule has 5 rings (SSSR count). The molecule has 2 N–H and O–H groups in total. The van der Waals surface area contributed by atoms with Gasteiger partial charge in [-0.05, 0) is 41.3 Å². The molecule has 6 nitrogen and oxygen atoms in total. The lowest BCUT2D eigenvalue weighted by molar-refractivity contribution is -0.119. The molecular formula is C30H31N3O3. The van der Waals surface area contributed by atoms with Gasteiger partial charge in [0.25, 0.3) is 5.91 Å². The largest absolute Gasteiger partial charge is 0.383 e. The maximum atomic E-state index is 14.0. The number of aromatic nitrogens is 1. The molecule has 2 atom stereocenters. The van der Waals surface area contributed by atoms with E-state index in [1.807, 2.05) is 72.9 Å². The van der Waals surface area contributed by atoms with Crippen LogP contribution in [0.5, 0.6) is 0 Å². The summed E-state index contributed by atoms with van der Waals surface area (Å²) in [5.74, 6) is -0.431. The van der Waals surface area contributed by atoms with Gasteiger partial charge in [0.2, 0.25) is 5.91 Å². The normalized spacial score (nSPS) is 17.4. The van der Waals surface area contributed by atoms with E-state index < -0.39 is 12.0 Å². The maximum absolute atomic E-state index is 14.0. The Labute approximate surface area is 211 Å². The number of anilines is 1. The summed E-state index contributed by atoms with van der Waals surface area (Å²) in [5.41, 5.74) is 5.13. The Morgan fingerprint density at radius 2 is 1.72 bits per heavy atom. The number of benzene rings is 3. The lowest BCUT2D eigenvalue weighted by Crippen LogP contribution is -2.47. The van der Waals surface area contributed by atoms with E-state index in [1.54, 1.807) is 18.1 Å². The third-order valence-corrected chi connectivity index (χ3v) is 7.04. The molecular weight excluding hydrogens is 450 g/mol. The van der Waals surface area contributed by atoms with Gasteiger partial charge in [0.15, 0.2) is 0 Å². The predicted octanol–water partition coefficient (Wildman–Crippen LogP) is 5.86. The Hall–Kier alpha value is -3.90. The van der Waals surface area contributed by atoms with Gasteiger partial charge in [-0.25, -0.2) is 0 Å². The van der Waals surface area contributed by atoms with Crippen LogP contribution in [-0.2, 0) is 9.53 Å². The fourth-order valence-electron chi connectivity index (χ4n) is 5.17. The standard InChI is InChI=1S/C30H31N3O3/c1-19(2)20-12-14-21(15-13-20)32-29(34)27-23-9-4-5-10-24(23)30(35)33(16-17-36-3)28(27)25-18-31-26-11-7-6-8-22(25)26/h4-15,18-19,27-28,31H,16-17H2,1-3H3,(H,32,34)/t27-,28+/m1/s1. The summed E-state index contributed by atoms with van der Waals surface area (Å²) in [5, 5.41) is 4.13. The van der Waals surface area contributed by atoms with Crippen LogP contribution < -0.4 is 5.32 Å². The van der Waals surface area contributed by atoms with E-state index in [2.05, 4.69) is 24.1 Å². The molecule has 36 heavy (non-hydrogen) atoms. The Kier molecular flexibility index (Phi) is 6.61. The zero-order valence-electron chi connectivity index (χ0n) is 20.8. The minimum absolute atomic E-state index is 0.0942. The summed E-state index contributed by atoms with van der Waals surface area (Å²) >= 11 is 0. The molecule has 0 bridgehead atoms. The molecule has 0 saturated carbocycles. The average molecular weight is 482 g/mol. The number of carbonyl (C=O) groups is 2. The van der Waals surface area contributed by atoms with E-state index in [0.717, 1.165) is 27.7 Å². The average Bonchev–Trinajstić information content (AvgIpc) is 3.32. The fraction of sp³-hybridized carbons (Fsp3) is 0.267. The van der Waals surface area contributed by atoms with Crippen molar-refractivity contribution in [2.45, 2.75) is 31.7 Å². The topological polar surface area (TPSA) is 74.4 Å². The van der Waals surface area contributed by atoms with Gasteiger partial charge in [0.05, 0.1) is 18.6 Å². The Balaban J connectivity index is 1.62. The molecule has 0 radical (unpaired) electrons. The molecule has 6 heteroatoms. The lowest BCUT2D eigenvalue weighted by atomic mass is 9.79. The SMILES string of the molecule is COCCN1C(=O)c2ccccc2[C@@H](C(=O)Nc2ccc(C(C)C)cc2)[C@@H]1c1c[nH]c2ccccc12. The first kappa shape index (κ1) is 23.8. The second kappa shape index (κ2) is 9.99. The van der Waals surface area contributed by atoms with Gasteiger partial charge in [0, 0.05) is 47.6 Å². The van der Waals surface area contributed by atoms with Crippen LogP contribution in [-0.4, -0.2) is 42.0 Å². The van der Waals surface area contributed by atoms with Crippen molar-refractivity contribution in [2.24, 2.45) is 0 Å². The summed E-state index contributed by atoms with van der Waals surface area (Å²) in [6.07, 6.45) is 1.92. The maximum Gasteiger partial charge on any atom is 0.254 e. The van der Waals surface area contributed by atoms with Gasteiger partial charge in [-0.15, -0.1) is 0 Å². The molecule has 0 unspecified atom stereocenters. The molecule has 0 saturated heterocycles. The Morgan fingerprint density at radius 3 is 2.47 bits per heavy atom. The molecule has 3 aromatic carbocycles. The Bertz CT molecular complexity index is 1390. The van der Waals surface area contributed by atoms with Gasteiger partial charge in [0.1, 0.15) is 0 Å². The molecule has 0 aliphatic carbocycles. The van der Waals surface area contributed by atoms with Crippen molar-refractivity contribution in [2.75, 3.05) is 25.6 Å². The quantitative estimate of drug-likeness (QED) is 0.347. The first-order valence-electron chi connectivity index (χ1n) is 12.3. The van der Waals surface area contributed by atoms with Crippen molar-refractivity contribution in [1.82, 2.24) is 9.88 Å². The van der Waals surface area contributed by atoms with E-state index in [0.29, 0.717) is 24.6 Å². The van der Waals surface area contributed by atoms with Crippen molar-refractivity contribution in [3.63, 3.8) is 0 Å². The van der Waals surface area contributed by atoms with Crippen LogP contribution in [0.2, 0.25) is 0 Å². The summed E-state index contributed by atoms with van der Waals surface area (Å²) < 4.78 is 5.35. The smallest absolute Gasteiger partial charge is 0.254 e. The van der Waals surface area contributed by atoms with Crippen molar-refractivity contribution < 1.29 is 14.3 Å². The Morgan fingerprint density at radius 1 is 1.00 bits per heavy atom. The van der Waals surface area contributed by atoms with Crippen molar-refractivity contribution in [1.29, 1.82) is 0 Å². The summed E-state index contributed by atoms with van der Waals surface area (Å²) in [7, 11) is 1.62. The van der Waals surface area contributed by atoms with Crippen molar-refractivity contribution in [3.8, 4) is 0 Å². The highest BCUT2D eigenvalue weighted by Crippen LogP contribution is 2.45. The second-order valence-corrected chi connectivity index (χ2v) is 9.56. The van der Waals surface area contributed by atoms with Gasteiger partial charge in [-0.2, -0.15) is 0 Å². The molecule has 1 aliphatic rings. The number of para-hydroxylation sites is 1. The van der Waals surface area contributed by atoms with Crippen LogP contribution in [0, 0.1) is 0 Å². The van der Waals surface area contributed by atoms with Crippen molar-refractivity contribution >= 4 is 28.4 Å². The summed E-state index contributed by atoms with van der Waals surface area (Å²) in [6, 6.07) is 22.9. The number of ether oxygens (including phenoxy) is 1. The van der Waals surface area contributed by atoms with Crippen LogP contribution in [0.25, 0.3) is 10.9 Å². The number of nitrogens with one attached hydrogen (secondary N) is 2. The van der Waals surface area contributed by atoms with Gasteiger partial charge >= 0.3 is 0 Å². The first-order valence-corrected chi connectivity index (χ1v) is 12.3. The summed E-state index contributed by atoms with van der Waals surface area (Å²) in [4.78, 5) is 32.9. The number of carbonyl (C=O) groups excluding carboxylic acids is 2. The number of hydrogen-bond donors (Lipinski definition) is 2. The third kappa shape index (κ3) is 4.29. The van der Waals surface area contributed by atoms with E-state index in [9.17, 15) is 9.59 Å². The van der Waals surface area contributed by atoms with Crippen LogP contribution in [0.3, 0.4) is 0 Å². The predicted molar refractivity (Wildman–Crippen MR) is 142 cm³/mol. The van der Waals surface area contributed by atoms with Gasteiger partial charge < -0.3 is 19.9 Å². The van der Waals surface area contributed by atoms with Crippen LogP contribution in [0.15, 0.2) is 79.0 Å². The van der Waals surface area contributed by atoms with Gasteiger partial charge in [-0.1, -0.05) is 62.4 Å². The first-order chi connectivity index (χ1) is 17.5. The number of aromatic amines is 1. The van der Waals surface area contributed by atoms with Crippen molar-refractivity contribution in [3.05, 3.63) is 101 Å². The number of nitrogens with zero attached hydrogens (tertiary/aromatic N) is 1. The minimum Gasteiger partial charge on any atom is -0.383 e. The number of H-pyrrole nitrogens is 1. The molecule has 2 amide bonds. The number of hydrogen-bond acceptors (Lipinski definition) is 3. The molecule has 0 fully saturated rings. The molecule has 1 aliphatic heterocycles. The number of fused-ring (bicyclic) bond motifs is 2. The molecule has 1 aromatic heterocycles. The lowest BCUT2D eigenvalue weighted by Gasteiger charge is -2.41. The second-order valence-electron chi connectivity index (χ2n) is 9.56. The molecule has 184 valence electrons.